The van der Waals surface area contributed by atoms with Gasteiger partial charge in [0.2, 0.25) is 0 Å². The van der Waals surface area contributed by atoms with Gasteiger partial charge in [0.25, 0.3) is 0 Å². The number of hydrogen-bond donors (Lipinski definition) is 1. The predicted octanol–water partition coefficient (Wildman–Crippen LogP) is 4.21. The third-order valence-corrected chi connectivity index (χ3v) is 4.95. The molecule has 0 saturated carbocycles. The number of anilines is 1. The first kappa shape index (κ1) is 14.9. The molecule has 0 aromatic heterocycles. The third kappa shape index (κ3) is 3.32. The van der Waals surface area contributed by atoms with Crippen LogP contribution in [0.4, 0.5) is 5.69 Å². The number of halogens is 1. The van der Waals surface area contributed by atoms with Crippen LogP contribution in [0.5, 0.6) is 0 Å². The van der Waals surface area contributed by atoms with Gasteiger partial charge in [0.05, 0.1) is 5.69 Å². The second-order valence-corrected chi connectivity index (χ2v) is 6.70. The molecule has 3 atom stereocenters. The molecule has 1 fully saturated rings. The molecule has 3 unspecified atom stereocenters. The van der Waals surface area contributed by atoms with Crippen LogP contribution < -0.4 is 10.2 Å². The molecule has 1 aromatic rings. The molecular weight excluding hydrogens is 300 g/mol. The SMILES string of the molecule is CCNC(C)c1ccc(N2CC(C)C(C)C2)c(Br)c1. The average molecular weight is 325 g/mol. The van der Waals surface area contributed by atoms with E-state index in [1.54, 1.807) is 0 Å². The van der Waals surface area contributed by atoms with E-state index in [4.69, 9.17) is 0 Å². The Morgan fingerprint density at radius 2 is 1.95 bits per heavy atom. The Hall–Kier alpha value is -0.540. The summed E-state index contributed by atoms with van der Waals surface area (Å²) in [4.78, 5) is 2.50. The summed E-state index contributed by atoms with van der Waals surface area (Å²) in [7, 11) is 0. The first-order valence-electron chi connectivity index (χ1n) is 7.30. The summed E-state index contributed by atoms with van der Waals surface area (Å²) in [5.41, 5.74) is 2.68. The lowest BCUT2D eigenvalue weighted by Crippen LogP contribution is -2.21. The van der Waals surface area contributed by atoms with Gasteiger partial charge in [-0.25, -0.2) is 0 Å². The van der Waals surface area contributed by atoms with Crippen LogP contribution in [0.2, 0.25) is 0 Å². The zero-order chi connectivity index (χ0) is 14.0. The first-order chi connectivity index (χ1) is 9.02. The minimum absolute atomic E-state index is 0.409. The molecule has 1 saturated heterocycles. The van der Waals surface area contributed by atoms with Crippen LogP contribution in [-0.2, 0) is 0 Å². The summed E-state index contributed by atoms with van der Waals surface area (Å²) >= 11 is 3.75. The molecule has 19 heavy (non-hydrogen) atoms. The molecule has 1 heterocycles. The lowest BCUT2D eigenvalue weighted by atomic mass is 10.0. The highest BCUT2D eigenvalue weighted by atomic mass is 79.9. The number of hydrogen-bond acceptors (Lipinski definition) is 2. The van der Waals surface area contributed by atoms with Crippen LogP contribution in [0, 0.1) is 11.8 Å². The third-order valence-electron chi connectivity index (χ3n) is 4.31. The maximum Gasteiger partial charge on any atom is 0.0511 e. The molecule has 0 radical (unpaired) electrons. The van der Waals surface area contributed by atoms with Gasteiger partial charge in [-0.2, -0.15) is 0 Å². The van der Waals surface area contributed by atoms with Crippen molar-refractivity contribution in [1.82, 2.24) is 5.32 Å². The molecule has 1 N–H and O–H groups in total. The normalized spacial score (nSPS) is 24.8. The van der Waals surface area contributed by atoms with Crippen molar-refractivity contribution >= 4 is 21.6 Å². The van der Waals surface area contributed by atoms with Crippen LogP contribution in [0.15, 0.2) is 22.7 Å². The van der Waals surface area contributed by atoms with Gasteiger partial charge in [-0.05, 0) is 58.9 Å². The van der Waals surface area contributed by atoms with Crippen LogP contribution >= 0.6 is 15.9 Å². The molecule has 1 aromatic carbocycles. The number of benzene rings is 1. The summed E-state index contributed by atoms with van der Waals surface area (Å²) in [6.07, 6.45) is 0. The fraction of sp³-hybridized carbons (Fsp3) is 0.625. The van der Waals surface area contributed by atoms with Crippen molar-refractivity contribution in [3.63, 3.8) is 0 Å². The predicted molar refractivity (Wildman–Crippen MR) is 86.8 cm³/mol. The van der Waals surface area contributed by atoms with E-state index in [0.29, 0.717) is 6.04 Å². The van der Waals surface area contributed by atoms with Crippen molar-refractivity contribution in [1.29, 1.82) is 0 Å². The zero-order valence-corrected chi connectivity index (χ0v) is 14.0. The molecular formula is C16H25BrN2. The molecule has 2 rings (SSSR count). The van der Waals surface area contributed by atoms with Gasteiger partial charge in [0.1, 0.15) is 0 Å². The van der Waals surface area contributed by atoms with E-state index < -0.39 is 0 Å². The Kier molecular flexibility index (Phi) is 4.91. The van der Waals surface area contributed by atoms with Crippen molar-refractivity contribution < 1.29 is 0 Å². The van der Waals surface area contributed by atoms with E-state index in [9.17, 15) is 0 Å². The summed E-state index contributed by atoms with van der Waals surface area (Å²) in [5.74, 6) is 1.57. The molecule has 1 aliphatic rings. The van der Waals surface area contributed by atoms with Gasteiger partial charge in [-0.3, -0.25) is 0 Å². The van der Waals surface area contributed by atoms with Crippen molar-refractivity contribution in [3.8, 4) is 0 Å². The maximum atomic E-state index is 3.75. The quantitative estimate of drug-likeness (QED) is 0.892. The summed E-state index contributed by atoms with van der Waals surface area (Å²) in [5, 5.41) is 3.46. The Bertz CT molecular complexity index is 423. The molecule has 0 aliphatic carbocycles. The highest BCUT2D eigenvalue weighted by Crippen LogP contribution is 2.34. The van der Waals surface area contributed by atoms with Crippen LogP contribution in [0.3, 0.4) is 0 Å². The standard InChI is InChI=1S/C16H25BrN2/c1-5-18-13(4)14-6-7-16(15(17)8-14)19-9-11(2)12(3)10-19/h6-8,11-13,18H,5,9-10H2,1-4H3. The number of rotatable bonds is 4. The largest absolute Gasteiger partial charge is 0.370 e. The van der Waals surface area contributed by atoms with Crippen molar-refractivity contribution in [2.24, 2.45) is 11.8 Å². The van der Waals surface area contributed by atoms with Gasteiger partial charge in [0.15, 0.2) is 0 Å². The van der Waals surface area contributed by atoms with Crippen molar-refractivity contribution in [2.75, 3.05) is 24.5 Å². The summed E-state index contributed by atoms with van der Waals surface area (Å²) in [6.45, 7) is 12.4. The molecule has 0 spiro atoms. The fourth-order valence-corrected chi connectivity index (χ4v) is 3.45. The van der Waals surface area contributed by atoms with Crippen LogP contribution in [0.1, 0.15) is 39.3 Å². The Balaban J connectivity index is 2.16. The van der Waals surface area contributed by atoms with Crippen LogP contribution in [0.25, 0.3) is 0 Å². The second kappa shape index (κ2) is 6.27. The van der Waals surface area contributed by atoms with Gasteiger partial charge >= 0.3 is 0 Å². The van der Waals surface area contributed by atoms with Gasteiger partial charge in [-0.15, -0.1) is 0 Å². The Morgan fingerprint density at radius 3 is 2.47 bits per heavy atom. The highest BCUT2D eigenvalue weighted by molar-refractivity contribution is 9.10. The fourth-order valence-electron chi connectivity index (χ4n) is 2.80. The molecule has 1 aliphatic heterocycles. The van der Waals surface area contributed by atoms with E-state index >= 15 is 0 Å². The molecule has 3 heteroatoms. The van der Waals surface area contributed by atoms with E-state index in [1.807, 2.05) is 0 Å². The lowest BCUT2D eigenvalue weighted by Gasteiger charge is -2.22. The number of nitrogens with one attached hydrogen (secondary N) is 1. The lowest BCUT2D eigenvalue weighted by molar-refractivity contribution is 0.494. The molecule has 2 nitrogen and oxygen atoms in total. The van der Waals surface area contributed by atoms with E-state index in [-0.39, 0.29) is 0 Å². The summed E-state index contributed by atoms with van der Waals surface area (Å²) < 4.78 is 1.22. The molecule has 106 valence electrons. The monoisotopic (exact) mass is 324 g/mol. The zero-order valence-electron chi connectivity index (χ0n) is 12.4. The first-order valence-corrected chi connectivity index (χ1v) is 8.10. The minimum atomic E-state index is 0.409. The van der Waals surface area contributed by atoms with Crippen molar-refractivity contribution in [3.05, 3.63) is 28.2 Å². The number of nitrogens with zero attached hydrogens (tertiary/aromatic N) is 1. The summed E-state index contributed by atoms with van der Waals surface area (Å²) in [6, 6.07) is 7.18. The minimum Gasteiger partial charge on any atom is -0.370 e. The topological polar surface area (TPSA) is 15.3 Å². The molecule has 0 bridgehead atoms. The average Bonchev–Trinajstić information content (AvgIpc) is 2.69. The Labute approximate surface area is 125 Å². The van der Waals surface area contributed by atoms with Gasteiger partial charge in [-0.1, -0.05) is 26.8 Å². The van der Waals surface area contributed by atoms with Gasteiger partial charge < -0.3 is 10.2 Å². The van der Waals surface area contributed by atoms with E-state index in [0.717, 1.165) is 18.4 Å². The molecule has 0 amide bonds. The highest BCUT2D eigenvalue weighted by Gasteiger charge is 2.27. The van der Waals surface area contributed by atoms with E-state index in [1.165, 1.54) is 28.8 Å². The smallest absolute Gasteiger partial charge is 0.0511 e. The van der Waals surface area contributed by atoms with Crippen LogP contribution in [-0.4, -0.2) is 19.6 Å². The maximum absolute atomic E-state index is 3.75. The Morgan fingerprint density at radius 1 is 1.32 bits per heavy atom. The van der Waals surface area contributed by atoms with Gasteiger partial charge in [0, 0.05) is 23.6 Å². The van der Waals surface area contributed by atoms with Crippen molar-refractivity contribution in [2.45, 2.75) is 33.7 Å². The second-order valence-electron chi connectivity index (χ2n) is 5.85. The van der Waals surface area contributed by atoms with E-state index in [2.05, 4.69) is 72.0 Å².